The van der Waals surface area contributed by atoms with Crippen molar-refractivity contribution < 1.29 is 17.9 Å². The van der Waals surface area contributed by atoms with Gasteiger partial charge < -0.3 is 10.1 Å². The fraction of sp³-hybridized carbons (Fsp3) is 0.435. The third-order valence-electron chi connectivity index (χ3n) is 5.68. The van der Waals surface area contributed by atoms with E-state index in [1.807, 2.05) is 32.0 Å². The van der Waals surface area contributed by atoms with Gasteiger partial charge in [-0.05, 0) is 55.5 Å². The fourth-order valence-corrected chi connectivity index (χ4v) is 5.49. The van der Waals surface area contributed by atoms with Crippen LogP contribution in [0.1, 0.15) is 43.4 Å². The number of aryl methyl sites for hydroxylation is 1. The SMILES string of the molecule is CCC(NC(=O)C1CCCN(S(=O)(=O)c2ccccc2)C1)c1ccc(OC)c(C)c1. The number of rotatable bonds is 7. The molecule has 1 amide bonds. The van der Waals surface area contributed by atoms with Crippen LogP contribution in [-0.4, -0.2) is 38.8 Å². The van der Waals surface area contributed by atoms with Crippen molar-refractivity contribution in [1.29, 1.82) is 0 Å². The molecule has 0 radical (unpaired) electrons. The fourth-order valence-electron chi connectivity index (χ4n) is 3.95. The van der Waals surface area contributed by atoms with Gasteiger partial charge in [-0.15, -0.1) is 0 Å². The van der Waals surface area contributed by atoms with Gasteiger partial charge in [0, 0.05) is 13.1 Å². The molecule has 0 bridgehead atoms. The van der Waals surface area contributed by atoms with Gasteiger partial charge in [0.15, 0.2) is 0 Å². The average Bonchev–Trinajstić information content (AvgIpc) is 2.78. The summed E-state index contributed by atoms with van der Waals surface area (Å²) in [4.78, 5) is 13.3. The second-order valence-corrected chi connectivity index (χ2v) is 9.65. The Hall–Kier alpha value is -2.38. The second-order valence-electron chi connectivity index (χ2n) is 7.71. The van der Waals surface area contributed by atoms with E-state index in [0.29, 0.717) is 19.4 Å². The van der Waals surface area contributed by atoms with Gasteiger partial charge in [-0.1, -0.05) is 37.3 Å². The standard InChI is InChI=1S/C23H30N2O4S/c1-4-21(18-12-13-22(29-3)17(2)15-18)24-23(26)19-9-8-14-25(16-19)30(27,28)20-10-6-5-7-11-20/h5-7,10-13,15,19,21H,4,8-9,14,16H2,1-3H3,(H,24,26). The number of piperidine rings is 1. The largest absolute Gasteiger partial charge is 0.496 e. The van der Waals surface area contributed by atoms with Gasteiger partial charge in [-0.25, -0.2) is 8.42 Å². The summed E-state index contributed by atoms with van der Waals surface area (Å²) in [6, 6.07) is 14.2. The number of ether oxygens (including phenoxy) is 1. The zero-order valence-corrected chi connectivity index (χ0v) is 18.6. The van der Waals surface area contributed by atoms with E-state index in [1.165, 1.54) is 4.31 Å². The molecule has 30 heavy (non-hydrogen) atoms. The minimum atomic E-state index is -3.59. The maximum atomic E-state index is 13.0. The van der Waals surface area contributed by atoms with E-state index >= 15 is 0 Å². The summed E-state index contributed by atoms with van der Waals surface area (Å²) in [5.41, 5.74) is 2.04. The molecule has 6 nitrogen and oxygen atoms in total. The normalized spacial score (nSPS) is 18.6. The molecule has 1 saturated heterocycles. The number of carbonyl (C=O) groups excluding carboxylic acids is 1. The Labute approximate surface area is 179 Å². The molecule has 0 spiro atoms. The molecule has 2 unspecified atom stereocenters. The molecule has 2 aromatic carbocycles. The van der Waals surface area contributed by atoms with Gasteiger partial charge in [0.05, 0.1) is 24.0 Å². The van der Waals surface area contributed by atoms with Crippen molar-refractivity contribution in [3.63, 3.8) is 0 Å². The molecule has 1 aliphatic heterocycles. The van der Waals surface area contributed by atoms with Crippen LogP contribution in [0.3, 0.4) is 0 Å². The third-order valence-corrected chi connectivity index (χ3v) is 7.56. The van der Waals surface area contributed by atoms with Gasteiger partial charge in [0.2, 0.25) is 15.9 Å². The molecule has 1 N–H and O–H groups in total. The number of nitrogens with zero attached hydrogens (tertiary/aromatic N) is 1. The van der Waals surface area contributed by atoms with Crippen molar-refractivity contribution in [3.8, 4) is 5.75 Å². The first-order chi connectivity index (χ1) is 14.4. The summed E-state index contributed by atoms with van der Waals surface area (Å²) < 4.78 is 32.6. The highest BCUT2D eigenvalue weighted by Gasteiger charge is 2.33. The van der Waals surface area contributed by atoms with E-state index in [4.69, 9.17) is 4.74 Å². The minimum Gasteiger partial charge on any atom is -0.496 e. The summed E-state index contributed by atoms with van der Waals surface area (Å²) in [6.07, 6.45) is 2.10. The quantitative estimate of drug-likeness (QED) is 0.727. The van der Waals surface area contributed by atoms with Crippen LogP contribution in [0.15, 0.2) is 53.4 Å². The lowest BCUT2D eigenvalue weighted by Gasteiger charge is -2.32. The Bertz CT molecular complexity index is 976. The number of nitrogens with one attached hydrogen (secondary N) is 1. The van der Waals surface area contributed by atoms with Crippen LogP contribution in [0.2, 0.25) is 0 Å². The first-order valence-electron chi connectivity index (χ1n) is 10.4. The van der Waals surface area contributed by atoms with Gasteiger partial charge in [-0.3, -0.25) is 4.79 Å². The highest BCUT2D eigenvalue weighted by molar-refractivity contribution is 7.89. The lowest BCUT2D eigenvalue weighted by molar-refractivity contribution is -0.126. The average molecular weight is 431 g/mol. The molecule has 3 rings (SSSR count). The first kappa shape index (κ1) is 22.3. The van der Waals surface area contributed by atoms with Gasteiger partial charge in [-0.2, -0.15) is 4.31 Å². The maximum absolute atomic E-state index is 13.0. The topological polar surface area (TPSA) is 75.7 Å². The monoisotopic (exact) mass is 430 g/mol. The van der Waals surface area contributed by atoms with Crippen LogP contribution in [0.4, 0.5) is 0 Å². The van der Waals surface area contributed by atoms with Crippen LogP contribution in [0, 0.1) is 12.8 Å². The number of benzene rings is 2. The van der Waals surface area contributed by atoms with E-state index in [1.54, 1.807) is 37.4 Å². The van der Waals surface area contributed by atoms with Crippen LogP contribution >= 0.6 is 0 Å². The highest BCUT2D eigenvalue weighted by Crippen LogP contribution is 2.27. The van der Waals surface area contributed by atoms with Crippen LogP contribution < -0.4 is 10.1 Å². The Morgan fingerprint density at radius 1 is 1.23 bits per heavy atom. The lowest BCUT2D eigenvalue weighted by atomic mass is 9.96. The van der Waals surface area contributed by atoms with E-state index in [0.717, 1.165) is 23.3 Å². The van der Waals surface area contributed by atoms with Gasteiger partial charge >= 0.3 is 0 Å². The van der Waals surface area contributed by atoms with Gasteiger partial charge in [0.1, 0.15) is 5.75 Å². The van der Waals surface area contributed by atoms with E-state index < -0.39 is 10.0 Å². The summed E-state index contributed by atoms with van der Waals surface area (Å²) in [7, 11) is -1.95. The van der Waals surface area contributed by atoms with Crippen molar-refractivity contribution in [1.82, 2.24) is 9.62 Å². The minimum absolute atomic E-state index is 0.0942. The molecule has 0 aliphatic carbocycles. The summed E-state index contributed by atoms with van der Waals surface area (Å²) in [6.45, 7) is 4.65. The Morgan fingerprint density at radius 2 is 1.97 bits per heavy atom. The summed E-state index contributed by atoms with van der Waals surface area (Å²) in [5, 5.41) is 3.13. The molecule has 1 heterocycles. The molecule has 0 saturated carbocycles. The molecule has 2 aromatic rings. The number of sulfonamides is 1. The molecule has 2 atom stereocenters. The van der Waals surface area contributed by atoms with E-state index in [2.05, 4.69) is 5.32 Å². The second kappa shape index (κ2) is 9.62. The number of amides is 1. The van der Waals surface area contributed by atoms with Crippen LogP contribution in [-0.2, 0) is 14.8 Å². The number of hydrogen-bond acceptors (Lipinski definition) is 4. The zero-order chi connectivity index (χ0) is 21.7. The molecular weight excluding hydrogens is 400 g/mol. The Balaban J connectivity index is 1.71. The molecule has 1 fully saturated rings. The number of hydrogen-bond donors (Lipinski definition) is 1. The predicted molar refractivity (Wildman–Crippen MR) is 117 cm³/mol. The molecule has 1 aliphatic rings. The Kier molecular flexibility index (Phi) is 7.15. The van der Waals surface area contributed by atoms with Crippen molar-refractivity contribution in [2.45, 2.75) is 44.0 Å². The lowest BCUT2D eigenvalue weighted by Crippen LogP contribution is -2.46. The number of carbonyl (C=O) groups is 1. The maximum Gasteiger partial charge on any atom is 0.243 e. The Morgan fingerprint density at radius 3 is 2.60 bits per heavy atom. The smallest absolute Gasteiger partial charge is 0.243 e. The summed E-state index contributed by atoms with van der Waals surface area (Å²) in [5.74, 6) is 0.364. The van der Waals surface area contributed by atoms with Crippen molar-refractivity contribution in [2.24, 2.45) is 5.92 Å². The van der Waals surface area contributed by atoms with Crippen molar-refractivity contribution in [3.05, 3.63) is 59.7 Å². The third kappa shape index (κ3) is 4.84. The highest BCUT2D eigenvalue weighted by atomic mass is 32.2. The molecule has 7 heteroatoms. The van der Waals surface area contributed by atoms with Crippen LogP contribution in [0.5, 0.6) is 5.75 Å². The molecule has 0 aromatic heterocycles. The number of methoxy groups -OCH3 is 1. The van der Waals surface area contributed by atoms with E-state index in [-0.39, 0.29) is 29.3 Å². The predicted octanol–water partition coefficient (Wildman–Crippen LogP) is 3.67. The van der Waals surface area contributed by atoms with Crippen LogP contribution in [0.25, 0.3) is 0 Å². The van der Waals surface area contributed by atoms with Crippen molar-refractivity contribution in [2.75, 3.05) is 20.2 Å². The van der Waals surface area contributed by atoms with Crippen molar-refractivity contribution >= 4 is 15.9 Å². The zero-order valence-electron chi connectivity index (χ0n) is 17.8. The first-order valence-corrected chi connectivity index (χ1v) is 11.8. The molecule has 162 valence electrons. The van der Waals surface area contributed by atoms with E-state index in [9.17, 15) is 13.2 Å². The summed E-state index contributed by atoms with van der Waals surface area (Å²) >= 11 is 0. The van der Waals surface area contributed by atoms with Gasteiger partial charge in [0.25, 0.3) is 0 Å². The molecular formula is C23H30N2O4S.